The van der Waals surface area contributed by atoms with E-state index in [4.69, 9.17) is 11.6 Å². The van der Waals surface area contributed by atoms with Gasteiger partial charge in [0.25, 0.3) is 0 Å². The van der Waals surface area contributed by atoms with Crippen molar-refractivity contribution in [2.75, 3.05) is 39.3 Å². The van der Waals surface area contributed by atoms with E-state index in [1.54, 1.807) is 0 Å². The summed E-state index contributed by atoms with van der Waals surface area (Å²) in [5.74, 6) is 0. The summed E-state index contributed by atoms with van der Waals surface area (Å²) in [6.45, 7) is 8.19. The van der Waals surface area contributed by atoms with E-state index in [9.17, 15) is 0 Å². The second-order valence-electron chi connectivity index (χ2n) is 5.59. The van der Waals surface area contributed by atoms with Gasteiger partial charge in [-0.15, -0.1) is 12.4 Å². The molecular formula is C15H23Cl2N3. The lowest BCUT2D eigenvalue weighted by molar-refractivity contribution is 0.0981. The van der Waals surface area contributed by atoms with Crippen molar-refractivity contribution in [2.24, 2.45) is 0 Å². The van der Waals surface area contributed by atoms with Gasteiger partial charge in [-0.2, -0.15) is 0 Å². The molecule has 20 heavy (non-hydrogen) atoms. The summed E-state index contributed by atoms with van der Waals surface area (Å²) in [5, 5.41) is 4.28. The summed E-state index contributed by atoms with van der Waals surface area (Å²) >= 11 is 5.92. The lowest BCUT2D eigenvalue weighted by atomic mass is 10.1. The van der Waals surface area contributed by atoms with Gasteiger partial charge in [0, 0.05) is 50.3 Å². The molecule has 3 nitrogen and oxygen atoms in total. The molecule has 0 amide bonds. The zero-order chi connectivity index (χ0) is 13.1. The minimum Gasteiger partial charge on any atom is -0.315 e. The van der Waals surface area contributed by atoms with E-state index >= 15 is 0 Å². The number of nitrogens with one attached hydrogen (secondary N) is 1. The van der Waals surface area contributed by atoms with E-state index in [-0.39, 0.29) is 12.4 Å². The normalized spacial score (nSPS) is 24.6. The van der Waals surface area contributed by atoms with Crippen LogP contribution in [0.4, 0.5) is 0 Å². The van der Waals surface area contributed by atoms with Crippen molar-refractivity contribution in [3.05, 3.63) is 34.9 Å². The Labute approximate surface area is 132 Å². The lowest BCUT2D eigenvalue weighted by Gasteiger charge is -2.37. The van der Waals surface area contributed by atoms with E-state index in [2.05, 4.69) is 27.2 Å². The van der Waals surface area contributed by atoms with Crippen LogP contribution in [0.3, 0.4) is 0 Å². The van der Waals surface area contributed by atoms with Crippen molar-refractivity contribution >= 4 is 24.0 Å². The van der Waals surface area contributed by atoms with Gasteiger partial charge in [-0.1, -0.05) is 23.7 Å². The quantitative estimate of drug-likeness (QED) is 0.923. The molecule has 0 aliphatic carbocycles. The maximum Gasteiger partial charge on any atom is 0.0406 e. The SMILES string of the molecule is Cl.Clc1ccc(CN2CCN(C3CCNC3)CC2)cc1. The van der Waals surface area contributed by atoms with Gasteiger partial charge in [0.2, 0.25) is 0 Å². The van der Waals surface area contributed by atoms with E-state index < -0.39 is 0 Å². The average molecular weight is 316 g/mol. The molecule has 2 aliphatic rings. The van der Waals surface area contributed by atoms with Gasteiger partial charge in [-0.25, -0.2) is 0 Å². The Kier molecular flexibility index (Phi) is 6.12. The first-order chi connectivity index (χ1) is 9.31. The van der Waals surface area contributed by atoms with Crippen LogP contribution in [0.15, 0.2) is 24.3 Å². The van der Waals surface area contributed by atoms with E-state index in [0.29, 0.717) is 0 Å². The minimum atomic E-state index is 0. The van der Waals surface area contributed by atoms with Crippen LogP contribution in [-0.4, -0.2) is 55.1 Å². The van der Waals surface area contributed by atoms with Crippen LogP contribution in [0.2, 0.25) is 5.02 Å². The largest absolute Gasteiger partial charge is 0.315 e. The summed E-state index contributed by atoms with van der Waals surface area (Å²) < 4.78 is 0. The van der Waals surface area contributed by atoms with Crippen LogP contribution in [-0.2, 0) is 6.54 Å². The molecule has 0 saturated carbocycles. The van der Waals surface area contributed by atoms with E-state index in [1.807, 2.05) is 12.1 Å². The van der Waals surface area contributed by atoms with Crippen LogP contribution in [0, 0.1) is 0 Å². The smallest absolute Gasteiger partial charge is 0.0406 e. The predicted octanol–water partition coefficient (Wildman–Crippen LogP) is 2.24. The molecule has 1 N–H and O–H groups in total. The molecule has 2 fully saturated rings. The number of rotatable bonds is 3. The molecule has 1 unspecified atom stereocenters. The first-order valence-electron chi connectivity index (χ1n) is 7.23. The Morgan fingerprint density at radius 2 is 1.80 bits per heavy atom. The zero-order valence-electron chi connectivity index (χ0n) is 11.7. The number of nitrogens with zero attached hydrogens (tertiary/aromatic N) is 2. The maximum absolute atomic E-state index is 5.92. The first kappa shape index (κ1) is 16.1. The highest BCUT2D eigenvalue weighted by molar-refractivity contribution is 6.30. The van der Waals surface area contributed by atoms with Crippen LogP contribution in [0.1, 0.15) is 12.0 Å². The summed E-state index contributed by atoms with van der Waals surface area (Å²) in [5.41, 5.74) is 1.36. The van der Waals surface area contributed by atoms with Gasteiger partial charge in [0.1, 0.15) is 0 Å². The molecule has 0 radical (unpaired) electrons. The second kappa shape index (κ2) is 7.62. The number of hydrogen-bond donors (Lipinski definition) is 1. The number of benzene rings is 1. The third-order valence-corrected chi connectivity index (χ3v) is 4.53. The van der Waals surface area contributed by atoms with Crippen molar-refractivity contribution in [1.82, 2.24) is 15.1 Å². The van der Waals surface area contributed by atoms with Gasteiger partial charge in [-0.05, 0) is 30.7 Å². The number of halogens is 2. The Morgan fingerprint density at radius 1 is 1.10 bits per heavy atom. The second-order valence-corrected chi connectivity index (χ2v) is 6.02. The molecule has 2 aliphatic heterocycles. The molecule has 0 spiro atoms. The Bertz CT molecular complexity index is 396. The highest BCUT2D eigenvalue weighted by Gasteiger charge is 2.25. The van der Waals surface area contributed by atoms with Gasteiger partial charge < -0.3 is 5.32 Å². The number of hydrogen-bond acceptors (Lipinski definition) is 3. The third-order valence-electron chi connectivity index (χ3n) is 4.28. The third kappa shape index (κ3) is 4.09. The summed E-state index contributed by atoms with van der Waals surface area (Å²) in [6, 6.07) is 9.01. The van der Waals surface area contributed by atoms with E-state index in [0.717, 1.165) is 17.6 Å². The Balaban J connectivity index is 0.00000147. The molecule has 1 atom stereocenters. The fourth-order valence-electron chi connectivity index (χ4n) is 3.09. The Hall–Kier alpha value is -0.320. The van der Waals surface area contributed by atoms with Gasteiger partial charge in [0.15, 0.2) is 0 Å². The minimum absolute atomic E-state index is 0. The van der Waals surface area contributed by atoms with Gasteiger partial charge in [0.05, 0.1) is 0 Å². The molecule has 112 valence electrons. The monoisotopic (exact) mass is 315 g/mol. The van der Waals surface area contributed by atoms with Gasteiger partial charge in [-0.3, -0.25) is 9.80 Å². The summed E-state index contributed by atoms with van der Waals surface area (Å²) in [7, 11) is 0. The molecular weight excluding hydrogens is 293 g/mol. The summed E-state index contributed by atoms with van der Waals surface area (Å²) in [4.78, 5) is 5.19. The van der Waals surface area contributed by atoms with Crippen LogP contribution < -0.4 is 5.32 Å². The predicted molar refractivity (Wildman–Crippen MR) is 86.8 cm³/mol. The zero-order valence-corrected chi connectivity index (χ0v) is 13.3. The summed E-state index contributed by atoms with van der Waals surface area (Å²) in [6.07, 6.45) is 1.32. The number of piperazine rings is 1. The Morgan fingerprint density at radius 3 is 2.40 bits per heavy atom. The van der Waals surface area contributed by atoms with Crippen molar-refractivity contribution in [3.8, 4) is 0 Å². The van der Waals surface area contributed by atoms with Crippen LogP contribution >= 0.6 is 24.0 Å². The molecule has 1 aromatic carbocycles. The van der Waals surface area contributed by atoms with Crippen LogP contribution in [0.25, 0.3) is 0 Å². The molecule has 2 heterocycles. The molecule has 5 heteroatoms. The van der Waals surface area contributed by atoms with Crippen LogP contribution in [0.5, 0.6) is 0 Å². The molecule has 3 rings (SSSR count). The highest BCUT2D eigenvalue weighted by Crippen LogP contribution is 2.15. The van der Waals surface area contributed by atoms with Crippen molar-refractivity contribution < 1.29 is 0 Å². The van der Waals surface area contributed by atoms with Crippen molar-refractivity contribution in [1.29, 1.82) is 0 Å². The molecule has 2 saturated heterocycles. The fraction of sp³-hybridized carbons (Fsp3) is 0.600. The highest BCUT2D eigenvalue weighted by atomic mass is 35.5. The average Bonchev–Trinajstić information content (AvgIpc) is 2.96. The fourth-order valence-corrected chi connectivity index (χ4v) is 3.21. The first-order valence-corrected chi connectivity index (χ1v) is 7.60. The molecule has 1 aromatic rings. The molecule has 0 bridgehead atoms. The van der Waals surface area contributed by atoms with Gasteiger partial charge >= 0.3 is 0 Å². The molecule has 0 aromatic heterocycles. The van der Waals surface area contributed by atoms with E-state index in [1.165, 1.54) is 51.3 Å². The maximum atomic E-state index is 5.92. The standard InChI is InChI=1S/C15H22ClN3.ClH/c16-14-3-1-13(2-4-14)12-18-7-9-19(10-8-18)15-5-6-17-11-15;/h1-4,15,17H,5-12H2;1H. The lowest BCUT2D eigenvalue weighted by Crippen LogP contribution is -2.50. The topological polar surface area (TPSA) is 18.5 Å². The van der Waals surface area contributed by atoms with Crippen molar-refractivity contribution in [3.63, 3.8) is 0 Å². The van der Waals surface area contributed by atoms with Crippen molar-refractivity contribution in [2.45, 2.75) is 19.0 Å².